The third-order valence-corrected chi connectivity index (χ3v) is 3.07. The average molecular weight is 363 g/mol. The number of rotatable bonds is 6. The number of fused-ring (bicyclic) bond motifs is 1. The number of hydrogen-bond donors (Lipinski definition) is 1. The predicted molar refractivity (Wildman–Crippen MR) is 96.4 cm³/mol. The molecule has 9 heteroatoms. The Morgan fingerprint density at radius 2 is 1.80 bits per heavy atom. The van der Waals surface area contributed by atoms with Crippen molar-refractivity contribution >= 4 is 34.1 Å². The lowest BCUT2D eigenvalue weighted by molar-refractivity contribution is 0.141. The normalized spacial score (nSPS) is 10.1. The fourth-order valence-electron chi connectivity index (χ4n) is 1.82. The lowest BCUT2D eigenvalue weighted by atomic mass is 10.3. The first-order valence-electron chi connectivity index (χ1n) is 7.74. The number of methoxy groups -OCH3 is 1. The summed E-state index contributed by atoms with van der Waals surface area (Å²) in [5.74, 6) is 0.522. The molecule has 0 bridgehead atoms. The second kappa shape index (κ2) is 9.65. The van der Waals surface area contributed by atoms with E-state index >= 15 is 0 Å². The quantitative estimate of drug-likeness (QED) is 0.527. The lowest BCUT2D eigenvalue weighted by Crippen LogP contribution is -2.07. The van der Waals surface area contributed by atoms with Crippen molar-refractivity contribution in [3.05, 3.63) is 36.0 Å². The molecule has 0 atom stereocenters. The molecule has 25 heavy (non-hydrogen) atoms. The average Bonchev–Trinajstić information content (AvgIpc) is 2.65. The maximum Gasteiger partial charge on any atom is 0.316 e. The molecule has 132 valence electrons. The fourth-order valence-corrected chi connectivity index (χ4v) is 1.96. The maximum atomic E-state index is 5.93. The Bertz CT molecular complexity index is 800. The van der Waals surface area contributed by atoms with Crippen molar-refractivity contribution in [2.75, 3.05) is 25.6 Å². The standard InChI is InChI=1S/C14H13ClN6O2.C2H6/c1-22-4-5-23-14-16-6-9(7-17-14)20-13-12-10(18-8-19-13)2-3-11(15)21-12;1-2/h2-3,6-8H,4-5H2,1H3,(H,18,19,20);1-2H3. The second-order valence-corrected chi connectivity index (χ2v) is 4.83. The minimum absolute atomic E-state index is 0.279. The van der Waals surface area contributed by atoms with Crippen LogP contribution in [-0.2, 0) is 4.74 Å². The highest BCUT2D eigenvalue weighted by Crippen LogP contribution is 2.22. The smallest absolute Gasteiger partial charge is 0.316 e. The van der Waals surface area contributed by atoms with E-state index in [4.69, 9.17) is 21.1 Å². The molecule has 0 spiro atoms. The predicted octanol–water partition coefficient (Wildman–Crippen LogP) is 3.26. The van der Waals surface area contributed by atoms with Gasteiger partial charge in [-0.25, -0.2) is 24.9 Å². The van der Waals surface area contributed by atoms with Gasteiger partial charge in [-0.1, -0.05) is 25.4 Å². The summed E-state index contributed by atoms with van der Waals surface area (Å²) in [7, 11) is 1.60. The van der Waals surface area contributed by atoms with Crippen molar-refractivity contribution in [1.82, 2.24) is 24.9 Å². The molecule has 0 saturated carbocycles. The van der Waals surface area contributed by atoms with Gasteiger partial charge >= 0.3 is 6.01 Å². The monoisotopic (exact) mass is 362 g/mol. The Labute approximate surface area is 150 Å². The van der Waals surface area contributed by atoms with Gasteiger partial charge < -0.3 is 14.8 Å². The second-order valence-electron chi connectivity index (χ2n) is 4.44. The highest BCUT2D eigenvalue weighted by Gasteiger charge is 2.07. The summed E-state index contributed by atoms with van der Waals surface area (Å²) in [5, 5.41) is 3.46. The van der Waals surface area contributed by atoms with Gasteiger partial charge in [0.15, 0.2) is 5.82 Å². The maximum absolute atomic E-state index is 5.93. The molecule has 0 aromatic carbocycles. The van der Waals surface area contributed by atoms with Crippen molar-refractivity contribution in [3.8, 4) is 6.01 Å². The summed E-state index contributed by atoms with van der Waals surface area (Å²) in [6, 6.07) is 3.73. The summed E-state index contributed by atoms with van der Waals surface area (Å²) in [4.78, 5) is 20.8. The molecule has 3 heterocycles. The van der Waals surface area contributed by atoms with E-state index in [2.05, 4.69) is 30.2 Å². The van der Waals surface area contributed by atoms with Crippen LogP contribution >= 0.6 is 11.6 Å². The molecule has 0 unspecified atom stereocenters. The molecule has 0 saturated heterocycles. The van der Waals surface area contributed by atoms with E-state index in [1.165, 1.54) is 6.33 Å². The molecule has 0 fully saturated rings. The molecule has 0 aliphatic heterocycles. The van der Waals surface area contributed by atoms with Crippen molar-refractivity contribution in [1.29, 1.82) is 0 Å². The number of pyridine rings is 1. The van der Waals surface area contributed by atoms with Crippen LogP contribution in [0.4, 0.5) is 11.5 Å². The molecular formula is C16H19ClN6O2. The molecule has 8 nitrogen and oxygen atoms in total. The molecule has 1 N–H and O–H groups in total. The van der Waals surface area contributed by atoms with Gasteiger partial charge in [0.05, 0.1) is 30.2 Å². The molecular weight excluding hydrogens is 344 g/mol. The zero-order valence-electron chi connectivity index (χ0n) is 14.2. The lowest BCUT2D eigenvalue weighted by Gasteiger charge is -2.08. The number of aromatic nitrogens is 5. The number of hydrogen-bond acceptors (Lipinski definition) is 8. The van der Waals surface area contributed by atoms with Gasteiger partial charge in [0.1, 0.15) is 23.6 Å². The van der Waals surface area contributed by atoms with E-state index in [-0.39, 0.29) is 6.01 Å². The van der Waals surface area contributed by atoms with Crippen LogP contribution in [0.15, 0.2) is 30.9 Å². The van der Waals surface area contributed by atoms with Crippen LogP contribution in [0.1, 0.15) is 13.8 Å². The van der Waals surface area contributed by atoms with E-state index in [0.717, 1.165) is 0 Å². The third-order valence-electron chi connectivity index (χ3n) is 2.86. The SMILES string of the molecule is CC.COCCOc1ncc(Nc2ncnc3ccc(Cl)nc23)cn1. The van der Waals surface area contributed by atoms with Crippen LogP contribution in [0.25, 0.3) is 11.0 Å². The number of ether oxygens (including phenoxy) is 2. The van der Waals surface area contributed by atoms with Gasteiger partial charge in [-0.15, -0.1) is 0 Å². The van der Waals surface area contributed by atoms with Crippen LogP contribution in [0, 0.1) is 0 Å². The summed E-state index contributed by atoms with van der Waals surface area (Å²) < 4.78 is 10.2. The topological polar surface area (TPSA) is 94.9 Å². The van der Waals surface area contributed by atoms with E-state index < -0.39 is 0 Å². The Hall–Kier alpha value is -2.58. The van der Waals surface area contributed by atoms with Crippen molar-refractivity contribution in [2.45, 2.75) is 13.8 Å². The highest BCUT2D eigenvalue weighted by molar-refractivity contribution is 6.29. The minimum atomic E-state index is 0.279. The minimum Gasteiger partial charge on any atom is -0.461 e. The molecule has 3 rings (SSSR count). The number of anilines is 2. The third kappa shape index (κ3) is 5.20. The zero-order valence-corrected chi connectivity index (χ0v) is 15.0. The van der Waals surface area contributed by atoms with Crippen molar-refractivity contribution < 1.29 is 9.47 Å². The Morgan fingerprint density at radius 3 is 2.52 bits per heavy atom. The first kappa shape index (κ1) is 18.8. The number of nitrogens with zero attached hydrogens (tertiary/aromatic N) is 5. The molecule has 0 amide bonds. The number of halogens is 1. The van der Waals surface area contributed by atoms with Crippen LogP contribution in [0.2, 0.25) is 5.15 Å². The highest BCUT2D eigenvalue weighted by atomic mass is 35.5. The summed E-state index contributed by atoms with van der Waals surface area (Å²) >= 11 is 5.93. The molecule has 3 aromatic heterocycles. The first-order valence-corrected chi connectivity index (χ1v) is 8.12. The summed E-state index contributed by atoms with van der Waals surface area (Å²) in [5.41, 5.74) is 1.90. The Morgan fingerprint density at radius 1 is 1.04 bits per heavy atom. The fraction of sp³-hybridized carbons (Fsp3) is 0.312. The molecule has 3 aromatic rings. The van der Waals surface area contributed by atoms with Crippen LogP contribution < -0.4 is 10.1 Å². The Balaban J connectivity index is 0.00000109. The van der Waals surface area contributed by atoms with E-state index in [1.807, 2.05) is 13.8 Å². The van der Waals surface area contributed by atoms with Gasteiger partial charge in [0, 0.05) is 7.11 Å². The van der Waals surface area contributed by atoms with Crippen LogP contribution in [-0.4, -0.2) is 45.2 Å². The Kier molecular flexibility index (Phi) is 7.24. The molecule has 0 aliphatic carbocycles. The molecule has 0 radical (unpaired) electrons. The van der Waals surface area contributed by atoms with Gasteiger partial charge in [0.25, 0.3) is 0 Å². The summed E-state index contributed by atoms with van der Waals surface area (Å²) in [6.07, 6.45) is 4.63. The van der Waals surface area contributed by atoms with E-state index in [1.54, 1.807) is 31.6 Å². The van der Waals surface area contributed by atoms with Crippen molar-refractivity contribution in [3.63, 3.8) is 0 Å². The van der Waals surface area contributed by atoms with Gasteiger partial charge in [-0.3, -0.25) is 0 Å². The molecule has 0 aliphatic rings. The van der Waals surface area contributed by atoms with Gasteiger partial charge in [-0.05, 0) is 12.1 Å². The largest absolute Gasteiger partial charge is 0.461 e. The zero-order chi connectivity index (χ0) is 18.1. The van der Waals surface area contributed by atoms with E-state index in [0.29, 0.717) is 40.9 Å². The van der Waals surface area contributed by atoms with E-state index in [9.17, 15) is 0 Å². The van der Waals surface area contributed by atoms with Gasteiger partial charge in [-0.2, -0.15) is 0 Å². The van der Waals surface area contributed by atoms with Crippen LogP contribution in [0.3, 0.4) is 0 Å². The summed E-state index contributed by atoms with van der Waals surface area (Å²) in [6.45, 7) is 4.87. The first-order chi connectivity index (χ1) is 12.3. The van der Waals surface area contributed by atoms with Crippen molar-refractivity contribution in [2.24, 2.45) is 0 Å². The number of nitrogens with one attached hydrogen (secondary N) is 1. The van der Waals surface area contributed by atoms with Gasteiger partial charge in [0.2, 0.25) is 0 Å². The van der Waals surface area contributed by atoms with Crippen LogP contribution in [0.5, 0.6) is 6.01 Å².